The highest BCUT2D eigenvalue weighted by molar-refractivity contribution is 5.95. The predicted octanol–water partition coefficient (Wildman–Crippen LogP) is 3.99. The van der Waals surface area contributed by atoms with Crippen molar-refractivity contribution in [3.63, 3.8) is 0 Å². The number of nitrogens with zero attached hydrogens (tertiary/aromatic N) is 1. The average Bonchev–Trinajstić information content (AvgIpc) is 3.17. The van der Waals surface area contributed by atoms with Gasteiger partial charge in [0, 0.05) is 24.7 Å². The topological polar surface area (TPSA) is 32.3 Å². The van der Waals surface area contributed by atoms with Gasteiger partial charge in [-0.15, -0.1) is 0 Å². The quantitative estimate of drug-likeness (QED) is 0.816. The fourth-order valence-electron chi connectivity index (χ4n) is 3.29. The van der Waals surface area contributed by atoms with E-state index in [9.17, 15) is 18.0 Å². The lowest BCUT2D eigenvalue weighted by molar-refractivity contribution is 0.0692. The summed E-state index contributed by atoms with van der Waals surface area (Å²) in [6.45, 7) is 4.40. The summed E-state index contributed by atoms with van der Waals surface area (Å²) in [5.41, 5.74) is 1.27. The molecule has 1 aliphatic heterocycles. The molecule has 0 spiro atoms. The molecule has 1 atom stereocenters. The number of halogens is 3. The molecule has 0 bridgehead atoms. The molecular weight excluding hydrogens is 341 g/mol. The van der Waals surface area contributed by atoms with Crippen molar-refractivity contribution in [3.05, 3.63) is 59.4 Å². The fourth-order valence-corrected chi connectivity index (χ4v) is 3.29. The minimum Gasteiger partial charge on any atom is -0.334 e. The second-order valence-corrected chi connectivity index (χ2v) is 6.48. The molecule has 1 N–H and O–H groups in total. The number of carbonyl (C=O) groups excluding carboxylic acids is 1. The standard InChI is InChI=1S/C20H21F3N2O/c1-2-9-25(16-7-8-24-12-16)20(26)14-5-3-13(4-6-14)15-10-17(21)19(23)18(22)11-15/h3-6,10-11,16,24H,2,7-9,12H2,1H3. The van der Waals surface area contributed by atoms with Gasteiger partial charge in [0.05, 0.1) is 0 Å². The lowest BCUT2D eigenvalue weighted by Crippen LogP contribution is -2.42. The molecule has 3 nitrogen and oxygen atoms in total. The molecule has 0 radical (unpaired) electrons. The Morgan fingerprint density at radius 2 is 1.77 bits per heavy atom. The van der Waals surface area contributed by atoms with Crippen molar-refractivity contribution in [2.24, 2.45) is 0 Å². The van der Waals surface area contributed by atoms with Crippen LogP contribution in [0.3, 0.4) is 0 Å². The Balaban J connectivity index is 1.83. The van der Waals surface area contributed by atoms with E-state index in [1.54, 1.807) is 24.3 Å². The van der Waals surface area contributed by atoms with Crippen molar-refractivity contribution < 1.29 is 18.0 Å². The molecule has 2 aromatic rings. The highest BCUT2D eigenvalue weighted by Gasteiger charge is 2.26. The van der Waals surface area contributed by atoms with Crippen LogP contribution in [0.1, 0.15) is 30.1 Å². The third kappa shape index (κ3) is 3.75. The normalized spacial score (nSPS) is 16.7. The smallest absolute Gasteiger partial charge is 0.254 e. The minimum absolute atomic E-state index is 0.0523. The Morgan fingerprint density at radius 1 is 1.12 bits per heavy atom. The summed E-state index contributed by atoms with van der Waals surface area (Å²) in [5.74, 6) is -4.00. The molecular formula is C20H21F3N2O. The van der Waals surface area contributed by atoms with Gasteiger partial charge in [0.1, 0.15) is 0 Å². The van der Waals surface area contributed by atoms with Gasteiger partial charge < -0.3 is 10.2 Å². The van der Waals surface area contributed by atoms with Crippen molar-refractivity contribution >= 4 is 5.91 Å². The average molecular weight is 362 g/mol. The van der Waals surface area contributed by atoms with Gasteiger partial charge in [-0.2, -0.15) is 0 Å². The number of carbonyl (C=O) groups is 1. The van der Waals surface area contributed by atoms with E-state index < -0.39 is 17.5 Å². The van der Waals surface area contributed by atoms with Crippen molar-refractivity contribution in [1.29, 1.82) is 0 Å². The number of hydrogen-bond acceptors (Lipinski definition) is 2. The van der Waals surface area contributed by atoms with E-state index in [2.05, 4.69) is 5.32 Å². The SMILES string of the molecule is CCCN(C(=O)c1ccc(-c2cc(F)c(F)c(F)c2)cc1)C1CCNC1. The third-order valence-electron chi connectivity index (χ3n) is 4.65. The predicted molar refractivity (Wildman–Crippen MR) is 94.4 cm³/mol. The van der Waals surface area contributed by atoms with E-state index in [4.69, 9.17) is 0 Å². The second-order valence-electron chi connectivity index (χ2n) is 6.48. The van der Waals surface area contributed by atoms with Crippen molar-refractivity contribution in [2.75, 3.05) is 19.6 Å². The molecule has 138 valence electrons. The van der Waals surface area contributed by atoms with Crippen LogP contribution < -0.4 is 5.32 Å². The zero-order valence-corrected chi connectivity index (χ0v) is 14.6. The van der Waals surface area contributed by atoms with Gasteiger partial charge in [0.15, 0.2) is 17.5 Å². The molecule has 1 amide bonds. The molecule has 1 heterocycles. The lowest BCUT2D eigenvalue weighted by atomic mass is 10.0. The highest BCUT2D eigenvalue weighted by atomic mass is 19.2. The molecule has 1 saturated heterocycles. The molecule has 2 aromatic carbocycles. The maximum atomic E-state index is 13.4. The molecule has 0 aromatic heterocycles. The Hall–Kier alpha value is -2.34. The van der Waals surface area contributed by atoms with E-state index in [0.29, 0.717) is 17.7 Å². The van der Waals surface area contributed by atoms with Crippen LogP contribution in [0.4, 0.5) is 13.2 Å². The molecule has 1 aliphatic rings. The maximum Gasteiger partial charge on any atom is 0.254 e. The largest absolute Gasteiger partial charge is 0.334 e. The van der Waals surface area contributed by atoms with E-state index >= 15 is 0 Å². The lowest BCUT2D eigenvalue weighted by Gasteiger charge is -2.28. The fraction of sp³-hybridized carbons (Fsp3) is 0.350. The first-order chi connectivity index (χ1) is 12.5. The zero-order valence-electron chi connectivity index (χ0n) is 14.6. The van der Waals surface area contributed by atoms with Gasteiger partial charge in [-0.25, -0.2) is 13.2 Å². The van der Waals surface area contributed by atoms with Crippen LogP contribution in [-0.4, -0.2) is 36.5 Å². The van der Waals surface area contributed by atoms with Crippen LogP contribution in [0.15, 0.2) is 36.4 Å². The van der Waals surface area contributed by atoms with Gasteiger partial charge in [-0.1, -0.05) is 19.1 Å². The van der Waals surface area contributed by atoms with Gasteiger partial charge in [-0.3, -0.25) is 4.79 Å². The third-order valence-corrected chi connectivity index (χ3v) is 4.65. The summed E-state index contributed by atoms with van der Waals surface area (Å²) in [6, 6.07) is 8.60. The summed E-state index contributed by atoms with van der Waals surface area (Å²) < 4.78 is 39.9. The van der Waals surface area contributed by atoms with Crippen LogP contribution >= 0.6 is 0 Å². The first-order valence-electron chi connectivity index (χ1n) is 8.78. The van der Waals surface area contributed by atoms with Crippen LogP contribution in [-0.2, 0) is 0 Å². The van der Waals surface area contributed by atoms with Gasteiger partial charge in [0.2, 0.25) is 0 Å². The van der Waals surface area contributed by atoms with Crippen molar-refractivity contribution in [3.8, 4) is 11.1 Å². The van der Waals surface area contributed by atoms with E-state index in [0.717, 1.165) is 38.1 Å². The van der Waals surface area contributed by atoms with Crippen molar-refractivity contribution in [1.82, 2.24) is 10.2 Å². The first-order valence-corrected chi connectivity index (χ1v) is 8.78. The number of benzene rings is 2. The molecule has 1 fully saturated rings. The zero-order chi connectivity index (χ0) is 18.7. The van der Waals surface area contributed by atoms with Crippen molar-refractivity contribution in [2.45, 2.75) is 25.8 Å². The van der Waals surface area contributed by atoms with E-state index in [1.807, 2.05) is 11.8 Å². The molecule has 0 aliphatic carbocycles. The molecule has 1 unspecified atom stereocenters. The van der Waals surface area contributed by atoms with E-state index in [-0.39, 0.29) is 17.5 Å². The Labute approximate surface area is 150 Å². The second kappa shape index (κ2) is 7.91. The number of hydrogen-bond donors (Lipinski definition) is 1. The molecule has 3 rings (SSSR count). The summed E-state index contributed by atoms with van der Waals surface area (Å²) in [4.78, 5) is 14.7. The first kappa shape index (κ1) is 18.5. The van der Waals surface area contributed by atoms with Crippen LogP contribution in [0, 0.1) is 17.5 Å². The van der Waals surface area contributed by atoms with Gasteiger partial charge in [0.25, 0.3) is 5.91 Å². The number of rotatable bonds is 5. The van der Waals surface area contributed by atoms with Crippen LogP contribution in [0.25, 0.3) is 11.1 Å². The molecule has 0 saturated carbocycles. The summed E-state index contributed by atoms with van der Waals surface area (Å²) in [6.07, 6.45) is 1.80. The van der Waals surface area contributed by atoms with Gasteiger partial charge in [-0.05, 0) is 54.8 Å². The Morgan fingerprint density at radius 3 is 2.31 bits per heavy atom. The highest BCUT2D eigenvalue weighted by Crippen LogP contribution is 2.25. The van der Waals surface area contributed by atoms with Crippen LogP contribution in [0.5, 0.6) is 0 Å². The number of amides is 1. The molecule has 6 heteroatoms. The molecule has 26 heavy (non-hydrogen) atoms. The number of nitrogens with one attached hydrogen (secondary N) is 1. The Kier molecular flexibility index (Phi) is 5.61. The summed E-state index contributed by atoms with van der Waals surface area (Å²) in [5, 5.41) is 3.27. The Bertz CT molecular complexity index is 763. The summed E-state index contributed by atoms with van der Waals surface area (Å²) >= 11 is 0. The van der Waals surface area contributed by atoms with Crippen LogP contribution in [0.2, 0.25) is 0 Å². The summed E-state index contributed by atoms with van der Waals surface area (Å²) in [7, 11) is 0. The minimum atomic E-state index is -1.49. The monoisotopic (exact) mass is 362 g/mol. The maximum absolute atomic E-state index is 13.4. The van der Waals surface area contributed by atoms with Gasteiger partial charge >= 0.3 is 0 Å². The van der Waals surface area contributed by atoms with E-state index in [1.165, 1.54) is 0 Å².